The lowest BCUT2D eigenvalue weighted by molar-refractivity contribution is 0.218. The van der Waals surface area contributed by atoms with Gasteiger partial charge in [-0.05, 0) is 17.7 Å². The summed E-state index contributed by atoms with van der Waals surface area (Å²) in [5, 5.41) is 10.9. The van der Waals surface area contributed by atoms with Crippen LogP contribution in [0.15, 0.2) is 30.3 Å². The number of halogens is 1. The van der Waals surface area contributed by atoms with E-state index >= 15 is 0 Å². The van der Waals surface area contributed by atoms with Gasteiger partial charge in [0.15, 0.2) is 0 Å². The number of para-hydroxylation sites is 1. The molecule has 1 aromatic carbocycles. The Hall–Kier alpha value is -1.12. The highest BCUT2D eigenvalue weighted by molar-refractivity contribution is 6.30. The van der Waals surface area contributed by atoms with Crippen LogP contribution in [-0.2, 0) is 5.41 Å². The smallest absolute Gasteiger partial charge is 0.133 e. The van der Waals surface area contributed by atoms with Crippen LogP contribution in [0.4, 0.5) is 0 Å². The fraction of sp³-hybridized carbons (Fsp3) is 0.308. The van der Waals surface area contributed by atoms with Crippen molar-refractivity contribution in [3.8, 4) is 0 Å². The van der Waals surface area contributed by atoms with E-state index in [4.69, 9.17) is 11.6 Å². The monoisotopic (exact) mass is 235 g/mol. The van der Waals surface area contributed by atoms with Crippen LogP contribution in [0, 0.1) is 0 Å². The number of rotatable bonds is 2. The van der Waals surface area contributed by atoms with Crippen LogP contribution in [-0.4, -0.2) is 16.7 Å². The van der Waals surface area contributed by atoms with Crippen molar-refractivity contribution in [2.24, 2.45) is 0 Å². The van der Waals surface area contributed by atoms with Gasteiger partial charge < -0.3 is 5.11 Å². The highest BCUT2D eigenvalue weighted by atomic mass is 35.5. The van der Waals surface area contributed by atoms with Gasteiger partial charge in [0.25, 0.3) is 0 Å². The minimum absolute atomic E-state index is 0.0484. The van der Waals surface area contributed by atoms with E-state index in [0.717, 1.165) is 16.5 Å². The largest absolute Gasteiger partial charge is 0.395 e. The van der Waals surface area contributed by atoms with Crippen LogP contribution in [0.25, 0.3) is 10.9 Å². The summed E-state index contributed by atoms with van der Waals surface area (Å²) in [6.45, 7) is 3.95. The number of aromatic nitrogens is 1. The lowest BCUT2D eigenvalue weighted by Crippen LogP contribution is -2.22. The molecule has 0 aliphatic rings. The standard InChI is InChI=1S/C13H14ClNO/c1-13(2,8-16)10-7-9-5-3-4-6-11(9)15-12(10)14/h3-7,16H,8H2,1-2H3. The van der Waals surface area contributed by atoms with E-state index in [1.165, 1.54) is 0 Å². The summed E-state index contributed by atoms with van der Waals surface area (Å²) < 4.78 is 0. The van der Waals surface area contributed by atoms with Gasteiger partial charge in [0, 0.05) is 10.8 Å². The van der Waals surface area contributed by atoms with Crippen LogP contribution >= 0.6 is 11.6 Å². The van der Waals surface area contributed by atoms with Crippen molar-refractivity contribution in [3.63, 3.8) is 0 Å². The molecule has 2 nitrogen and oxygen atoms in total. The molecule has 0 aliphatic heterocycles. The highest BCUT2D eigenvalue weighted by Crippen LogP contribution is 2.30. The normalized spacial score (nSPS) is 12.0. The molecule has 0 aliphatic carbocycles. The van der Waals surface area contributed by atoms with E-state index in [0.29, 0.717) is 5.15 Å². The molecule has 0 spiro atoms. The van der Waals surface area contributed by atoms with Crippen molar-refractivity contribution in [1.82, 2.24) is 4.98 Å². The number of fused-ring (bicyclic) bond motifs is 1. The van der Waals surface area contributed by atoms with Gasteiger partial charge in [-0.25, -0.2) is 4.98 Å². The van der Waals surface area contributed by atoms with Crippen molar-refractivity contribution < 1.29 is 5.11 Å². The van der Waals surface area contributed by atoms with Gasteiger partial charge in [0.2, 0.25) is 0 Å². The summed E-state index contributed by atoms with van der Waals surface area (Å²) in [4.78, 5) is 4.34. The zero-order valence-corrected chi connectivity index (χ0v) is 10.1. The molecule has 2 aromatic rings. The van der Waals surface area contributed by atoms with Gasteiger partial charge in [-0.2, -0.15) is 0 Å². The van der Waals surface area contributed by atoms with Gasteiger partial charge >= 0.3 is 0 Å². The van der Waals surface area contributed by atoms with Gasteiger partial charge in [0.1, 0.15) is 5.15 Å². The van der Waals surface area contributed by atoms with Gasteiger partial charge in [0.05, 0.1) is 12.1 Å². The second-order valence-electron chi connectivity index (χ2n) is 4.56. The predicted molar refractivity (Wildman–Crippen MR) is 66.9 cm³/mol. The Kier molecular flexibility index (Phi) is 2.87. The van der Waals surface area contributed by atoms with Crippen LogP contribution in [0.5, 0.6) is 0 Å². The topological polar surface area (TPSA) is 33.1 Å². The second kappa shape index (κ2) is 4.04. The average Bonchev–Trinajstić information content (AvgIpc) is 2.28. The summed E-state index contributed by atoms with van der Waals surface area (Å²) in [5.74, 6) is 0. The summed E-state index contributed by atoms with van der Waals surface area (Å²) >= 11 is 6.14. The van der Waals surface area contributed by atoms with E-state index < -0.39 is 0 Å². The maximum atomic E-state index is 9.36. The second-order valence-corrected chi connectivity index (χ2v) is 4.92. The van der Waals surface area contributed by atoms with Crippen LogP contribution in [0.2, 0.25) is 5.15 Å². The van der Waals surface area contributed by atoms with Crippen molar-refractivity contribution in [1.29, 1.82) is 0 Å². The predicted octanol–water partition coefficient (Wildman–Crippen LogP) is 3.16. The summed E-state index contributed by atoms with van der Waals surface area (Å²) in [5.41, 5.74) is 1.40. The van der Waals surface area contributed by atoms with E-state index in [9.17, 15) is 5.11 Å². The zero-order chi connectivity index (χ0) is 11.8. The first-order chi connectivity index (χ1) is 7.54. The lowest BCUT2D eigenvalue weighted by Gasteiger charge is -2.23. The Morgan fingerprint density at radius 2 is 2.00 bits per heavy atom. The molecule has 0 unspecified atom stereocenters. The molecular weight excluding hydrogens is 222 g/mol. The zero-order valence-electron chi connectivity index (χ0n) is 9.37. The molecule has 1 aromatic heterocycles. The van der Waals surface area contributed by atoms with E-state index in [-0.39, 0.29) is 12.0 Å². The highest BCUT2D eigenvalue weighted by Gasteiger charge is 2.23. The maximum absolute atomic E-state index is 9.36. The van der Waals surface area contributed by atoms with Gasteiger partial charge in [-0.3, -0.25) is 0 Å². The Morgan fingerprint density at radius 3 is 2.69 bits per heavy atom. The van der Waals surface area contributed by atoms with Crippen molar-refractivity contribution in [2.45, 2.75) is 19.3 Å². The quantitative estimate of drug-likeness (QED) is 0.812. The van der Waals surface area contributed by atoms with E-state index in [1.807, 2.05) is 44.2 Å². The van der Waals surface area contributed by atoms with Crippen molar-refractivity contribution in [3.05, 3.63) is 41.0 Å². The van der Waals surface area contributed by atoms with Gasteiger partial charge in [-0.15, -0.1) is 0 Å². The molecule has 16 heavy (non-hydrogen) atoms. The molecule has 1 N–H and O–H groups in total. The fourth-order valence-electron chi connectivity index (χ4n) is 1.65. The SMILES string of the molecule is CC(C)(CO)c1cc2ccccc2nc1Cl. The van der Waals surface area contributed by atoms with E-state index in [2.05, 4.69) is 4.98 Å². The number of aliphatic hydroxyl groups excluding tert-OH is 1. The summed E-state index contributed by atoms with van der Waals surface area (Å²) in [7, 11) is 0. The summed E-state index contributed by atoms with van der Waals surface area (Å²) in [6.07, 6.45) is 0. The number of nitrogens with zero attached hydrogens (tertiary/aromatic N) is 1. The molecule has 3 heteroatoms. The molecule has 2 rings (SSSR count). The molecule has 0 amide bonds. The van der Waals surface area contributed by atoms with E-state index in [1.54, 1.807) is 0 Å². The van der Waals surface area contributed by atoms with Crippen molar-refractivity contribution in [2.75, 3.05) is 6.61 Å². The molecule has 0 radical (unpaired) electrons. The number of pyridine rings is 1. The minimum Gasteiger partial charge on any atom is -0.395 e. The fourth-order valence-corrected chi connectivity index (χ4v) is 2.05. The Labute approximate surface area is 99.9 Å². The Morgan fingerprint density at radius 1 is 1.31 bits per heavy atom. The molecule has 0 fully saturated rings. The minimum atomic E-state index is -0.367. The third-order valence-corrected chi connectivity index (χ3v) is 3.09. The van der Waals surface area contributed by atoms with Gasteiger partial charge in [-0.1, -0.05) is 43.6 Å². The number of hydrogen-bond acceptors (Lipinski definition) is 2. The maximum Gasteiger partial charge on any atom is 0.133 e. The molecule has 0 saturated carbocycles. The Bertz CT molecular complexity index is 522. The molecular formula is C13H14ClNO. The first-order valence-electron chi connectivity index (χ1n) is 5.21. The first kappa shape index (κ1) is 11.4. The van der Waals surface area contributed by atoms with Crippen LogP contribution in [0.3, 0.4) is 0 Å². The molecule has 0 bridgehead atoms. The van der Waals surface area contributed by atoms with Crippen molar-refractivity contribution >= 4 is 22.5 Å². The Balaban J connectivity index is 2.67. The third-order valence-electron chi connectivity index (χ3n) is 2.80. The number of hydrogen-bond donors (Lipinski definition) is 1. The molecule has 0 saturated heterocycles. The summed E-state index contributed by atoms with van der Waals surface area (Å²) in [6, 6.07) is 9.82. The number of benzene rings is 1. The van der Waals surface area contributed by atoms with Crippen LogP contribution in [0.1, 0.15) is 19.4 Å². The molecule has 1 heterocycles. The molecule has 84 valence electrons. The molecule has 0 atom stereocenters. The average molecular weight is 236 g/mol. The third kappa shape index (κ3) is 1.91. The first-order valence-corrected chi connectivity index (χ1v) is 5.59. The lowest BCUT2D eigenvalue weighted by atomic mass is 9.86. The number of aliphatic hydroxyl groups is 1. The van der Waals surface area contributed by atoms with Crippen LogP contribution < -0.4 is 0 Å².